The van der Waals surface area contributed by atoms with Gasteiger partial charge in [0.2, 0.25) is 0 Å². The molecule has 1 saturated heterocycles. The van der Waals surface area contributed by atoms with E-state index < -0.39 is 23.7 Å². The second-order valence-electron chi connectivity index (χ2n) is 9.11. The monoisotopic (exact) mass is 512 g/mol. The summed E-state index contributed by atoms with van der Waals surface area (Å²) < 4.78 is 54.0. The smallest absolute Gasteiger partial charge is 0.372 e. The quantitative estimate of drug-likeness (QED) is 0.605. The van der Waals surface area contributed by atoms with Crippen LogP contribution < -0.4 is 11.1 Å². The molecule has 0 saturated carbocycles. The molecule has 11 heteroatoms. The molecule has 36 heavy (non-hydrogen) atoms. The van der Waals surface area contributed by atoms with Gasteiger partial charge in [0.1, 0.15) is 17.7 Å². The molecule has 0 spiro atoms. The Hall–Kier alpha value is -2.63. The normalized spacial score (nSPS) is 23.3. The van der Waals surface area contributed by atoms with E-state index in [9.17, 15) is 22.4 Å². The maximum atomic E-state index is 14.6. The number of carbonyl (C=O) groups excluding carboxylic acids is 1. The standard InChI is InChI=1S/C23H30F4N6O.C2H6/c1-30-13-16(33-9-5-7-15(28)12-33)10-17-20(30)22(34)32(3)31(2)21(17)29-11-14-6-4-8-18(19(14)24)23(25,26)27;1-2/h4,6,8,10,15,21,29H,5,7,9,11-13,28H2,1-3H3;1-2H3. The van der Waals surface area contributed by atoms with E-state index in [4.69, 9.17) is 5.73 Å². The van der Waals surface area contributed by atoms with E-state index in [1.807, 2.05) is 31.9 Å². The lowest BCUT2D eigenvalue weighted by Gasteiger charge is -2.47. The molecule has 200 valence electrons. The third-order valence-electron chi connectivity index (χ3n) is 6.75. The van der Waals surface area contributed by atoms with Gasteiger partial charge in [-0.05, 0) is 25.0 Å². The van der Waals surface area contributed by atoms with Crippen molar-refractivity contribution in [3.8, 4) is 0 Å². The minimum atomic E-state index is -4.77. The molecule has 1 fully saturated rings. The van der Waals surface area contributed by atoms with E-state index in [0.717, 1.165) is 37.7 Å². The Labute approximate surface area is 210 Å². The van der Waals surface area contributed by atoms with Gasteiger partial charge in [-0.25, -0.2) is 4.39 Å². The van der Waals surface area contributed by atoms with Crippen LogP contribution in [0.2, 0.25) is 0 Å². The highest BCUT2D eigenvalue weighted by Crippen LogP contribution is 2.34. The average Bonchev–Trinajstić information content (AvgIpc) is 2.83. The molecule has 2 atom stereocenters. The summed E-state index contributed by atoms with van der Waals surface area (Å²) >= 11 is 0. The van der Waals surface area contributed by atoms with E-state index >= 15 is 0 Å². The topological polar surface area (TPSA) is 68.1 Å². The lowest BCUT2D eigenvalue weighted by atomic mass is 9.98. The number of benzene rings is 1. The first-order valence-electron chi connectivity index (χ1n) is 12.2. The van der Waals surface area contributed by atoms with E-state index in [-0.39, 0.29) is 24.1 Å². The number of halogens is 4. The summed E-state index contributed by atoms with van der Waals surface area (Å²) in [4.78, 5) is 17.2. The number of amides is 1. The van der Waals surface area contributed by atoms with Crippen molar-refractivity contribution in [2.24, 2.45) is 5.73 Å². The highest BCUT2D eigenvalue weighted by Gasteiger charge is 2.40. The first-order valence-corrected chi connectivity index (χ1v) is 12.2. The van der Waals surface area contributed by atoms with Crippen LogP contribution in [0.15, 0.2) is 41.2 Å². The molecule has 1 aromatic carbocycles. The van der Waals surface area contributed by atoms with E-state index in [1.165, 1.54) is 17.1 Å². The number of alkyl halides is 3. The van der Waals surface area contributed by atoms with Crippen molar-refractivity contribution < 1.29 is 22.4 Å². The summed E-state index contributed by atoms with van der Waals surface area (Å²) in [7, 11) is 5.18. The summed E-state index contributed by atoms with van der Waals surface area (Å²) in [5, 5.41) is 6.28. The Balaban J connectivity index is 0.00000176. The number of hydrogen-bond acceptors (Lipinski definition) is 6. The van der Waals surface area contributed by atoms with Crippen LogP contribution in [-0.2, 0) is 17.5 Å². The summed E-state index contributed by atoms with van der Waals surface area (Å²) in [6, 6.07) is 3.33. The number of likely N-dealkylation sites (N-methyl/N-ethyl adjacent to an activating group) is 3. The van der Waals surface area contributed by atoms with Gasteiger partial charge >= 0.3 is 6.18 Å². The van der Waals surface area contributed by atoms with Gasteiger partial charge in [-0.15, -0.1) is 0 Å². The van der Waals surface area contributed by atoms with Crippen LogP contribution in [0.3, 0.4) is 0 Å². The van der Waals surface area contributed by atoms with Crippen molar-refractivity contribution in [2.45, 2.75) is 51.6 Å². The predicted molar refractivity (Wildman–Crippen MR) is 130 cm³/mol. The fourth-order valence-electron chi connectivity index (χ4n) is 4.85. The first-order chi connectivity index (χ1) is 17.0. The number of hydrazine groups is 1. The maximum Gasteiger partial charge on any atom is 0.419 e. The number of rotatable bonds is 4. The van der Waals surface area contributed by atoms with Crippen LogP contribution in [0.4, 0.5) is 17.6 Å². The second kappa shape index (κ2) is 11.2. The van der Waals surface area contributed by atoms with E-state index in [0.29, 0.717) is 17.8 Å². The molecule has 3 heterocycles. The van der Waals surface area contributed by atoms with Crippen LogP contribution in [0.1, 0.15) is 37.8 Å². The Morgan fingerprint density at radius 2 is 1.86 bits per heavy atom. The number of nitrogens with zero attached hydrogens (tertiary/aromatic N) is 4. The predicted octanol–water partition coefficient (Wildman–Crippen LogP) is 3.11. The van der Waals surface area contributed by atoms with Gasteiger partial charge < -0.3 is 15.5 Å². The van der Waals surface area contributed by atoms with Crippen molar-refractivity contribution >= 4 is 5.91 Å². The molecule has 0 aliphatic carbocycles. The number of nitrogens with one attached hydrogen (secondary N) is 1. The van der Waals surface area contributed by atoms with Crippen molar-refractivity contribution in [2.75, 3.05) is 40.8 Å². The Kier molecular flexibility index (Phi) is 8.68. The Bertz CT molecular complexity index is 1020. The zero-order valence-corrected chi connectivity index (χ0v) is 21.5. The van der Waals surface area contributed by atoms with Crippen LogP contribution in [-0.4, -0.2) is 78.7 Å². The van der Waals surface area contributed by atoms with Gasteiger partial charge in [0.25, 0.3) is 5.91 Å². The van der Waals surface area contributed by atoms with Crippen LogP contribution in [0, 0.1) is 5.82 Å². The summed E-state index contributed by atoms with van der Waals surface area (Å²) in [6.07, 6.45) is -1.42. The molecule has 3 N–H and O–H groups in total. The number of likely N-dealkylation sites (tertiary alicyclic amines) is 1. The van der Waals surface area contributed by atoms with Crippen LogP contribution in [0.5, 0.6) is 0 Å². The SMILES string of the molecule is CC.CN1CC(N2CCCC(N)C2)=CC2=C1C(=O)N(C)N(C)C2NCc1cccc(C(F)(F)F)c1F. The lowest BCUT2D eigenvalue weighted by Crippen LogP contribution is -2.60. The van der Waals surface area contributed by atoms with Gasteiger partial charge in [-0.2, -0.15) is 18.2 Å². The molecule has 1 aromatic rings. The molecule has 3 aliphatic heterocycles. The van der Waals surface area contributed by atoms with Crippen LogP contribution in [0.25, 0.3) is 0 Å². The minimum Gasteiger partial charge on any atom is -0.372 e. The minimum absolute atomic E-state index is 0.0786. The summed E-state index contributed by atoms with van der Waals surface area (Å²) in [5.74, 6) is -1.48. The number of hydrogen-bond donors (Lipinski definition) is 2. The van der Waals surface area contributed by atoms with E-state index in [2.05, 4.69) is 10.2 Å². The Morgan fingerprint density at radius 3 is 2.50 bits per heavy atom. The number of nitrogens with two attached hydrogens (primary N) is 1. The summed E-state index contributed by atoms with van der Waals surface area (Å²) in [5.41, 5.74) is 7.00. The molecule has 7 nitrogen and oxygen atoms in total. The molecule has 1 amide bonds. The third kappa shape index (κ3) is 5.52. The van der Waals surface area contributed by atoms with Gasteiger partial charge in [0.15, 0.2) is 0 Å². The zero-order valence-electron chi connectivity index (χ0n) is 21.5. The average molecular weight is 513 g/mol. The molecule has 0 aromatic heterocycles. The number of carbonyl (C=O) groups is 1. The Morgan fingerprint density at radius 1 is 1.17 bits per heavy atom. The lowest BCUT2D eigenvalue weighted by molar-refractivity contribution is -0.147. The maximum absolute atomic E-state index is 14.6. The van der Waals surface area contributed by atoms with Crippen LogP contribution >= 0.6 is 0 Å². The molecule has 3 aliphatic rings. The molecular weight excluding hydrogens is 476 g/mol. The van der Waals surface area contributed by atoms with Crippen molar-refractivity contribution in [3.63, 3.8) is 0 Å². The van der Waals surface area contributed by atoms with Gasteiger partial charge in [-0.3, -0.25) is 15.1 Å². The number of piperidine rings is 1. The molecule has 2 unspecified atom stereocenters. The first kappa shape index (κ1) is 27.9. The van der Waals surface area contributed by atoms with Gasteiger partial charge in [0.05, 0.1) is 12.1 Å². The highest BCUT2D eigenvalue weighted by atomic mass is 19.4. The molecule has 0 bridgehead atoms. The third-order valence-corrected chi connectivity index (χ3v) is 6.75. The van der Waals surface area contributed by atoms with Crippen molar-refractivity contribution in [1.29, 1.82) is 0 Å². The largest absolute Gasteiger partial charge is 0.419 e. The fourth-order valence-corrected chi connectivity index (χ4v) is 4.85. The summed E-state index contributed by atoms with van der Waals surface area (Å²) in [6.45, 7) is 5.99. The zero-order chi connectivity index (χ0) is 26.8. The van der Waals surface area contributed by atoms with Crippen molar-refractivity contribution in [3.05, 3.63) is 58.2 Å². The van der Waals surface area contributed by atoms with Gasteiger partial charge in [0, 0.05) is 63.7 Å². The highest BCUT2D eigenvalue weighted by molar-refractivity contribution is 5.95. The second-order valence-corrected chi connectivity index (χ2v) is 9.11. The van der Waals surface area contributed by atoms with Gasteiger partial charge in [-0.1, -0.05) is 26.0 Å². The van der Waals surface area contributed by atoms with Crippen molar-refractivity contribution in [1.82, 2.24) is 25.1 Å². The molecule has 4 rings (SSSR count). The van der Waals surface area contributed by atoms with E-state index in [1.54, 1.807) is 19.1 Å². The molecule has 0 radical (unpaired) electrons. The molecular formula is C25H36F4N6O. The fraction of sp³-hybridized carbons (Fsp3) is 0.560.